The zero-order chi connectivity index (χ0) is 22.5. The van der Waals surface area contributed by atoms with Gasteiger partial charge >= 0.3 is 0 Å². The van der Waals surface area contributed by atoms with Crippen molar-refractivity contribution in [3.05, 3.63) is 66.1 Å². The molecular formula is C24H25FN8. The van der Waals surface area contributed by atoms with Crippen molar-refractivity contribution in [1.29, 1.82) is 0 Å². The van der Waals surface area contributed by atoms with Crippen LogP contribution in [0.1, 0.15) is 43.0 Å². The molecule has 1 aromatic carbocycles. The van der Waals surface area contributed by atoms with Crippen LogP contribution in [0.5, 0.6) is 0 Å². The molecule has 1 N–H and O–H groups in total. The van der Waals surface area contributed by atoms with Gasteiger partial charge in [0.15, 0.2) is 5.65 Å². The highest BCUT2D eigenvalue weighted by Crippen LogP contribution is 2.30. The van der Waals surface area contributed by atoms with Crippen LogP contribution in [0.4, 0.5) is 4.39 Å². The minimum atomic E-state index is -0.273. The van der Waals surface area contributed by atoms with Gasteiger partial charge in [0.05, 0.1) is 41.5 Å². The maximum absolute atomic E-state index is 14.9. The summed E-state index contributed by atoms with van der Waals surface area (Å²) in [5, 5.41) is 17.2. The Bertz CT molecular complexity index is 1440. The molecule has 4 aromatic heterocycles. The summed E-state index contributed by atoms with van der Waals surface area (Å²) in [7, 11) is 2.16. The highest BCUT2D eigenvalue weighted by atomic mass is 19.1. The SMILES string of the molecule is CC(c1cc2cn[nH]c2cc1F)c1cnc2ccc(-c3cnn(C4CCN(C)CC4)c3)nn12. The Hall–Kier alpha value is -3.59. The van der Waals surface area contributed by atoms with Crippen molar-refractivity contribution in [3.8, 4) is 11.3 Å². The van der Waals surface area contributed by atoms with E-state index in [1.807, 2.05) is 35.8 Å². The molecule has 1 unspecified atom stereocenters. The minimum Gasteiger partial charge on any atom is -0.306 e. The summed E-state index contributed by atoms with van der Waals surface area (Å²) in [6.45, 7) is 4.14. The van der Waals surface area contributed by atoms with Crippen LogP contribution in [0.15, 0.2) is 49.1 Å². The molecule has 0 aliphatic carbocycles. The molecular weight excluding hydrogens is 419 g/mol. The molecule has 0 bridgehead atoms. The quantitative estimate of drug-likeness (QED) is 0.453. The Morgan fingerprint density at radius 1 is 1.12 bits per heavy atom. The van der Waals surface area contributed by atoms with E-state index in [1.54, 1.807) is 12.4 Å². The Kier molecular flexibility index (Phi) is 4.72. The van der Waals surface area contributed by atoms with Crippen LogP contribution in [0.3, 0.4) is 0 Å². The number of hydrogen-bond donors (Lipinski definition) is 1. The van der Waals surface area contributed by atoms with Gasteiger partial charge in [0.25, 0.3) is 0 Å². The van der Waals surface area contributed by atoms with E-state index in [2.05, 4.69) is 43.1 Å². The Morgan fingerprint density at radius 3 is 2.82 bits per heavy atom. The summed E-state index contributed by atoms with van der Waals surface area (Å²) in [5.41, 5.74) is 4.62. The fourth-order valence-corrected chi connectivity index (χ4v) is 4.74. The number of aromatic amines is 1. The largest absolute Gasteiger partial charge is 0.306 e. The second kappa shape index (κ2) is 7.77. The number of rotatable bonds is 4. The fraction of sp³-hybridized carbons (Fsp3) is 0.333. The van der Waals surface area contributed by atoms with E-state index in [4.69, 9.17) is 5.10 Å². The molecule has 0 saturated carbocycles. The van der Waals surface area contributed by atoms with E-state index in [-0.39, 0.29) is 11.7 Å². The maximum atomic E-state index is 14.9. The number of imidazole rings is 1. The van der Waals surface area contributed by atoms with E-state index in [1.165, 1.54) is 6.07 Å². The highest BCUT2D eigenvalue weighted by molar-refractivity contribution is 5.79. The van der Waals surface area contributed by atoms with Crippen LogP contribution < -0.4 is 0 Å². The number of piperidine rings is 1. The summed E-state index contributed by atoms with van der Waals surface area (Å²) in [6, 6.07) is 7.66. The lowest BCUT2D eigenvalue weighted by Gasteiger charge is -2.28. The molecule has 0 spiro atoms. The lowest BCUT2D eigenvalue weighted by atomic mass is 9.96. The summed E-state index contributed by atoms with van der Waals surface area (Å²) in [4.78, 5) is 6.85. The van der Waals surface area contributed by atoms with Crippen LogP contribution in [-0.4, -0.2) is 59.6 Å². The topological polar surface area (TPSA) is 79.9 Å². The maximum Gasteiger partial charge on any atom is 0.153 e. The molecule has 1 saturated heterocycles. The number of aromatic nitrogens is 7. The van der Waals surface area contributed by atoms with Crippen LogP contribution in [-0.2, 0) is 0 Å². The van der Waals surface area contributed by atoms with Crippen molar-refractivity contribution in [1.82, 2.24) is 39.5 Å². The number of hydrogen-bond acceptors (Lipinski definition) is 5. The Labute approximate surface area is 190 Å². The Balaban J connectivity index is 1.34. The molecule has 8 nitrogen and oxygen atoms in total. The molecule has 1 atom stereocenters. The first-order valence-corrected chi connectivity index (χ1v) is 11.3. The summed E-state index contributed by atoms with van der Waals surface area (Å²) in [6.07, 6.45) is 9.63. The number of halogens is 1. The number of benzene rings is 1. The van der Waals surface area contributed by atoms with Gasteiger partial charge < -0.3 is 4.90 Å². The third kappa shape index (κ3) is 3.48. The van der Waals surface area contributed by atoms with Crippen molar-refractivity contribution < 1.29 is 4.39 Å². The standard InChI is InChI=1S/C24H25FN8/c1-15(19-9-16-11-27-29-22(16)10-20(19)25)23-13-26-24-4-3-21(30-33(23)24)17-12-28-32(14-17)18-5-7-31(2)8-6-18/h3-4,9-15,18H,5-8H2,1-2H3,(H,27,29). The number of likely N-dealkylation sites (tertiary alicyclic amines) is 1. The van der Waals surface area contributed by atoms with Crippen LogP contribution >= 0.6 is 0 Å². The molecule has 0 amide bonds. The first kappa shape index (κ1) is 20.0. The average Bonchev–Trinajstić information content (AvgIpc) is 3.57. The summed E-state index contributed by atoms with van der Waals surface area (Å²) in [5.74, 6) is -0.506. The molecule has 1 fully saturated rings. The molecule has 6 rings (SSSR count). The average molecular weight is 445 g/mol. The van der Waals surface area contributed by atoms with Crippen molar-refractivity contribution >= 4 is 16.6 Å². The van der Waals surface area contributed by atoms with Gasteiger partial charge in [-0.15, -0.1) is 0 Å². The van der Waals surface area contributed by atoms with Gasteiger partial charge in [-0.1, -0.05) is 6.92 Å². The van der Waals surface area contributed by atoms with Crippen LogP contribution in [0.25, 0.3) is 27.8 Å². The Morgan fingerprint density at radius 2 is 1.97 bits per heavy atom. The van der Waals surface area contributed by atoms with Gasteiger partial charge in [0.1, 0.15) is 5.82 Å². The third-order valence-corrected chi connectivity index (χ3v) is 6.82. The van der Waals surface area contributed by atoms with Crippen LogP contribution in [0.2, 0.25) is 0 Å². The predicted octanol–water partition coefficient (Wildman–Crippen LogP) is 4.03. The van der Waals surface area contributed by atoms with E-state index in [9.17, 15) is 4.39 Å². The van der Waals surface area contributed by atoms with Crippen molar-refractivity contribution in [2.75, 3.05) is 20.1 Å². The monoisotopic (exact) mass is 444 g/mol. The number of H-pyrrole nitrogens is 1. The van der Waals surface area contributed by atoms with Gasteiger partial charge in [-0.05, 0) is 62.8 Å². The molecule has 0 radical (unpaired) electrons. The zero-order valence-corrected chi connectivity index (χ0v) is 18.6. The van der Waals surface area contributed by atoms with Crippen molar-refractivity contribution in [3.63, 3.8) is 0 Å². The first-order valence-electron chi connectivity index (χ1n) is 11.3. The van der Waals surface area contributed by atoms with Gasteiger partial charge in [-0.25, -0.2) is 13.9 Å². The smallest absolute Gasteiger partial charge is 0.153 e. The molecule has 168 valence electrons. The molecule has 1 aliphatic rings. The lowest BCUT2D eigenvalue weighted by molar-refractivity contribution is 0.212. The van der Waals surface area contributed by atoms with Gasteiger partial charge in [-0.3, -0.25) is 9.78 Å². The van der Waals surface area contributed by atoms with Crippen LogP contribution in [0, 0.1) is 5.82 Å². The molecule has 33 heavy (non-hydrogen) atoms. The fourth-order valence-electron chi connectivity index (χ4n) is 4.74. The first-order chi connectivity index (χ1) is 16.1. The minimum absolute atomic E-state index is 0.232. The number of nitrogens with one attached hydrogen (secondary N) is 1. The normalized spacial score (nSPS) is 16.7. The molecule has 5 heterocycles. The second-order valence-electron chi connectivity index (χ2n) is 8.97. The molecule has 5 aromatic rings. The summed E-state index contributed by atoms with van der Waals surface area (Å²) >= 11 is 0. The molecule has 1 aliphatic heterocycles. The van der Waals surface area contributed by atoms with Gasteiger partial charge in [-0.2, -0.15) is 15.3 Å². The lowest BCUT2D eigenvalue weighted by Crippen LogP contribution is -2.31. The van der Waals surface area contributed by atoms with E-state index < -0.39 is 0 Å². The summed E-state index contributed by atoms with van der Waals surface area (Å²) < 4.78 is 18.8. The molecule has 9 heteroatoms. The van der Waals surface area contributed by atoms with Gasteiger partial charge in [0, 0.05) is 23.1 Å². The van der Waals surface area contributed by atoms with Crippen molar-refractivity contribution in [2.45, 2.75) is 31.7 Å². The zero-order valence-electron chi connectivity index (χ0n) is 18.6. The third-order valence-electron chi connectivity index (χ3n) is 6.82. The predicted molar refractivity (Wildman–Crippen MR) is 124 cm³/mol. The van der Waals surface area contributed by atoms with E-state index in [0.717, 1.165) is 53.9 Å². The van der Waals surface area contributed by atoms with E-state index >= 15 is 0 Å². The number of nitrogens with zero attached hydrogens (tertiary/aromatic N) is 7. The van der Waals surface area contributed by atoms with Gasteiger partial charge in [0.2, 0.25) is 0 Å². The second-order valence-corrected chi connectivity index (χ2v) is 8.97. The van der Waals surface area contributed by atoms with E-state index in [0.29, 0.717) is 17.1 Å². The number of fused-ring (bicyclic) bond motifs is 2. The van der Waals surface area contributed by atoms with Crippen molar-refractivity contribution in [2.24, 2.45) is 0 Å². The highest BCUT2D eigenvalue weighted by Gasteiger charge is 2.21.